The number of nitrogens with zero attached hydrogens (tertiary/aromatic N) is 5. The third-order valence-corrected chi connectivity index (χ3v) is 4.62. The molecule has 1 aliphatic rings. The molecule has 0 bridgehead atoms. The molecule has 1 saturated heterocycles. The van der Waals surface area contributed by atoms with E-state index in [4.69, 9.17) is 9.84 Å². The Morgan fingerprint density at radius 1 is 1.22 bits per heavy atom. The number of anilines is 1. The zero-order valence-corrected chi connectivity index (χ0v) is 15.2. The summed E-state index contributed by atoms with van der Waals surface area (Å²) in [5, 5.41) is 16.2. The van der Waals surface area contributed by atoms with Gasteiger partial charge in [0.25, 0.3) is 0 Å². The van der Waals surface area contributed by atoms with Crippen LogP contribution in [0.3, 0.4) is 0 Å². The molecule has 1 aromatic carbocycles. The van der Waals surface area contributed by atoms with Gasteiger partial charge in [0, 0.05) is 24.7 Å². The number of carbonyl (C=O) groups is 1. The summed E-state index contributed by atoms with van der Waals surface area (Å²) in [5.41, 5.74) is 1.67. The Morgan fingerprint density at radius 3 is 2.89 bits per heavy atom. The molecule has 1 fully saturated rings. The first-order valence-electron chi connectivity index (χ1n) is 9.20. The Kier molecular flexibility index (Phi) is 4.86. The molecule has 2 aromatic heterocycles. The molecule has 4 rings (SSSR count). The van der Waals surface area contributed by atoms with Gasteiger partial charge in [0.1, 0.15) is 5.82 Å². The number of hydrogen-bond donors (Lipinski definition) is 1. The van der Waals surface area contributed by atoms with Crippen LogP contribution in [0.15, 0.2) is 42.5 Å². The molecule has 27 heavy (non-hydrogen) atoms. The third-order valence-electron chi connectivity index (χ3n) is 4.62. The first-order valence-corrected chi connectivity index (χ1v) is 9.20. The van der Waals surface area contributed by atoms with Gasteiger partial charge in [-0.1, -0.05) is 30.3 Å². The van der Waals surface area contributed by atoms with Crippen LogP contribution >= 0.6 is 0 Å². The number of nitrogens with one attached hydrogen (secondary N) is 1. The minimum atomic E-state index is -0.363. The van der Waals surface area contributed by atoms with E-state index in [-0.39, 0.29) is 12.1 Å². The summed E-state index contributed by atoms with van der Waals surface area (Å²) in [7, 11) is 0. The second-order valence-electron chi connectivity index (χ2n) is 6.50. The van der Waals surface area contributed by atoms with Crippen LogP contribution in [0, 0.1) is 0 Å². The van der Waals surface area contributed by atoms with Crippen LogP contribution in [0.1, 0.15) is 19.8 Å². The first kappa shape index (κ1) is 17.3. The SMILES string of the molecule is CCOC(=O)NC1CCCN(c2ccc3nnc(-c4ccccc4)n3n2)C1. The average Bonchev–Trinajstić information content (AvgIpc) is 3.12. The number of piperidine rings is 1. The molecular weight excluding hydrogens is 344 g/mol. The second kappa shape index (κ2) is 7.61. The Hall–Kier alpha value is -3.16. The summed E-state index contributed by atoms with van der Waals surface area (Å²) >= 11 is 0. The summed E-state index contributed by atoms with van der Waals surface area (Å²) in [4.78, 5) is 13.9. The summed E-state index contributed by atoms with van der Waals surface area (Å²) in [6.07, 6.45) is 1.54. The molecule has 0 aliphatic carbocycles. The number of alkyl carbamates (subject to hydrolysis) is 1. The van der Waals surface area contributed by atoms with E-state index in [2.05, 4.69) is 20.4 Å². The van der Waals surface area contributed by atoms with Crippen molar-refractivity contribution in [2.75, 3.05) is 24.6 Å². The van der Waals surface area contributed by atoms with E-state index in [1.165, 1.54) is 0 Å². The highest BCUT2D eigenvalue weighted by molar-refractivity contribution is 5.67. The molecule has 0 radical (unpaired) electrons. The van der Waals surface area contributed by atoms with E-state index >= 15 is 0 Å². The predicted octanol–water partition coefficient (Wildman–Crippen LogP) is 2.51. The Labute approximate surface area is 157 Å². The van der Waals surface area contributed by atoms with Crippen molar-refractivity contribution in [2.24, 2.45) is 0 Å². The number of fused-ring (bicyclic) bond motifs is 1. The first-order chi connectivity index (χ1) is 13.2. The molecule has 1 amide bonds. The van der Waals surface area contributed by atoms with Crippen LogP contribution < -0.4 is 10.2 Å². The van der Waals surface area contributed by atoms with Crippen LogP contribution in [0.2, 0.25) is 0 Å². The minimum absolute atomic E-state index is 0.0461. The zero-order valence-electron chi connectivity index (χ0n) is 15.2. The van der Waals surface area contributed by atoms with Gasteiger partial charge in [0.05, 0.1) is 6.61 Å². The van der Waals surface area contributed by atoms with Crippen LogP contribution in [0.4, 0.5) is 10.6 Å². The lowest BCUT2D eigenvalue weighted by Crippen LogP contribution is -2.48. The Balaban J connectivity index is 1.57. The van der Waals surface area contributed by atoms with Gasteiger partial charge in [0.15, 0.2) is 11.5 Å². The molecule has 1 aliphatic heterocycles. The van der Waals surface area contributed by atoms with Gasteiger partial charge in [-0.3, -0.25) is 0 Å². The maximum absolute atomic E-state index is 11.7. The van der Waals surface area contributed by atoms with E-state index < -0.39 is 0 Å². The van der Waals surface area contributed by atoms with Crippen LogP contribution in [0.5, 0.6) is 0 Å². The summed E-state index contributed by atoms with van der Waals surface area (Å²) in [5.74, 6) is 1.56. The second-order valence-corrected chi connectivity index (χ2v) is 6.50. The molecule has 0 spiro atoms. The van der Waals surface area contributed by atoms with Crippen molar-refractivity contribution in [3.63, 3.8) is 0 Å². The monoisotopic (exact) mass is 366 g/mol. The van der Waals surface area contributed by atoms with Crippen LogP contribution in [-0.4, -0.2) is 51.6 Å². The van der Waals surface area contributed by atoms with Gasteiger partial charge >= 0.3 is 6.09 Å². The molecule has 0 saturated carbocycles. The van der Waals surface area contributed by atoms with Crippen molar-refractivity contribution in [1.29, 1.82) is 0 Å². The van der Waals surface area contributed by atoms with Gasteiger partial charge in [-0.15, -0.1) is 15.3 Å². The fraction of sp³-hybridized carbons (Fsp3) is 0.368. The topological polar surface area (TPSA) is 84.6 Å². The fourth-order valence-electron chi connectivity index (χ4n) is 3.36. The summed E-state index contributed by atoms with van der Waals surface area (Å²) < 4.78 is 6.76. The van der Waals surface area contributed by atoms with Crippen molar-refractivity contribution < 1.29 is 9.53 Å². The van der Waals surface area contributed by atoms with Crippen molar-refractivity contribution in [1.82, 2.24) is 25.1 Å². The summed E-state index contributed by atoms with van der Waals surface area (Å²) in [6, 6.07) is 13.8. The van der Waals surface area contributed by atoms with E-state index in [9.17, 15) is 4.79 Å². The van der Waals surface area contributed by atoms with Crippen molar-refractivity contribution in [3.8, 4) is 11.4 Å². The van der Waals surface area contributed by atoms with E-state index in [1.54, 1.807) is 11.4 Å². The molecule has 140 valence electrons. The number of amides is 1. The molecule has 1 N–H and O–H groups in total. The van der Waals surface area contributed by atoms with Crippen LogP contribution in [-0.2, 0) is 4.74 Å². The van der Waals surface area contributed by atoms with Gasteiger partial charge in [-0.25, -0.2) is 4.79 Å². The lowest BCUT2D eigenvalue weighted by Gasteiger charge is -2.33. The smallest absolute Gasteiger partial charge is 0.407 e. The number of ether oxygens (including phenoxy) is 1. The van der Waals surface area contributed by atoms with Gasteiger partial charge < -0.3 is 15.0 Å². The molecular formula is C19H22N6O2. The van der Waals surface area contributed by atoms with Gasteiger partial charge in [-0.05, 0) is 31.9 Å². The zero-order chi connectivity index (χ0) is 18.6. The lowest BCUT2D eigenvalue weighted by molar-refractivity contribution is 0.146. The molecule has 8 nitrogen and oxygen atoms in total. The predicted molar refractivity (Wildman–Crippen MR) is 102 cm³/mol. The quantitative estimate of drug-likeness (QED) is 0.764. The Morgan fingerprint density at radius 2 is 2.07 bits per heavy atom. The van der Waals surface area contributed by atoms with E-state index in [1.807, 2.05) is 42.5 Å². The maximum Gasteiger partial charge on any atom is 0.407 e. The largest absolute Gasteiger partial charge is 0.450 e. The van der Waals surface area contributed by atoms with E-state index in [0.29, 0.717) is 24.6 Å². The third kappa shape index (κ3) is 3.69. The maximum atomic E-state index is 11.7. The van der Waals surface area contributed by atoms with Gasteiger partial charge in [0.2, 0.25) is 0 Å². The lowest BCUT2D eigenvalue weighted by atomic mass is 10.1. The minimum Gasteiger partial charge on any atom is -0.450 e. The van der Waals surface area contributed by atoms with Crippen molar-refractivity contribution >= 4 is 17.6 Å². The van der Waals surface area contributed by atoms with Gasteiger partial charge in [-0.2, -0.15) is 4.52 Å². The molecule has 8 heteroatoms. The number of hydrogen-bond acceptors (Lipinski definition) is 6. The number of rotatable bonds is 4. The van der Waals surface area contributed by atoms with E-state index in [0.717, 1.165) is 30.8 Å². The fourth-order valence-corrected chi connectivity index (χ4v) is 3.36. The highest BCUT2D eigenvalue weighted by atomic mass is 16.5. The number of carbonyl (C=O) groups excluding carboxylic acids is 1. The molecule has 1 unspecified atom stereocenters. The van der Waals surface area contributed by atoms with Crippen molar-refractivity contribution in [3.05, 3.63) is 42.5 Å². The summed E-state index contributed by atoms with van der Waals surface area (Å²) in [6.45, 7) is 3.76. The Bertz CT molecular complexity index is 926. The average molecular weight is 366 g/mol. The molecule has 3 heterocycles. The number of aromatic nitrogens is 4. The highest BCUT2D eigenvalue weighted by Crippen LogP contribution is 2.21. The normalized spacial score (nSPS) is 17.1. The standard InChI is InChI=1S/C19H22N6O2/c1-2-27-19(26)20-15-9-6-12-24(13-15)17-11-10-16-21-22-18(25(16)23-17)14-7-4-3-5-8-14/h3-5,7-8,10-11,15H,2,6,9,12-13H2,1H3,(H,20,26). The van der Waals surface area contributed by atoms with Crippen molar-refractivity contribution in [2.45, 2.75) is 25.8 Å². The van der Waals surface area contributed by atoms with Crippen LogP contribution in [0.25, 0.3) is 17.0 Å². The highest BCUT2D eigenvalue weighted by Gasteiger charge is 2.23. The molecule has 3 aromatic rings. The molecule has 1 atom stereocenters. The number of benzene rings is 1.